The van der Waals surface area contributed by atoms with Crippen LogP contribution < -0.4 is 26.2 Å². The molecule has 3 aromatic heterocycles. The van der Waals surface area contributed by atoms with Crippen molar-refractivity contribution in [2.24, 2.45) is 0 Å². The van der Waals surface area contributed by atoms with Crippen molar-refractivity contribution in [3.05, 3.63) is 325 Å². The van der Waals surface area contributed by atoms with Crippen molar-refractivity contribution in [3.8, 4) is 56.5 Å². The summed E-state index contributed by atoms with van der Waals surface area (Å²) in [5, 5.41) is 16.0. The van der Waals surface area contributed by atoms with E-state index in [4.69, 9.17) is 6.85 Å². The zero-order valence-corrected chi connectivity index (χ0v) is 59.2. The first-order valence-corrected chi connectivity index (χ1v) is 35.5. The van der Waals surface area contributed by atoms with Crippen LogP contribution in [0, 0.1) is 11.3 Å². The van der Waals surface area contributed by atoms with Crippen LogP contribution in [0.15, 0.2) is 303 Å². The lowest BCUT2D eigenvalue weighted by molar-refractivity contribution is 0.590. The largest absolute Gasteiger partial charge is 0.311 e. The number of hydrogen-bond donors (Lipinski definition) is 0. The van der Waals surface area contributed by atoms with E-state index >= 15 is 0 Å². The molecular formula is C97H77BN6. The monoisotopic (exact) mass is 1350 g/mol. The van der Waals surface area contributed by atoms with Gasteiger partial charge in [0.05, 0.1) is 72.2 Å². The molecule has 0 unspecified atom stereocenters. The third-order valence-corrected chi connectivity index (χ3v) is 21.5. The second-order valence-corrected chi connectivity index (χ2v) is 30.8. The molecule has 0 bridgehead atoms. The molecule has 0 saturated heterocycles. The summed E-state index contributed by atoms with van der Waals surface area (Å²) in [4.78, 5) is 4.60. The van der Waals surface area contributed by atoms with Crippen LogP contribution in [0.1, 0.15) is 101 Å². The Balaban J connectivity index is 1.04. The van der Waals surface area contributed by atoms with Gasteiger partial charge in [0.15, 0.2) is 0 Å². The molecule has 0 fully saturated rings. The minimum atomic E-state index is -0.728. The first-order valence-electron chi connectivity index (χ1n) is 41.5. The molecule has 5 heterocycles. The van der Waals surface area contributed by atoms with Crippen LogP contribution in [0.4, 0.5) is 34.1 Å². The minimum absolute atomic E-state index is 0.00560. The fraction of sp³-hybridized carbons (Fsp3) is 0.124. The Labute approximate surface area is 625 Å². The van der Waals surface area contributed by atoms with Crippen molar-refractivity contribution < 1.29 is 16.4 Å². The van der Waals surface area contributed by atoms with E-state index in [9.17, 15) is 14.9 Å². The summed E-state index contributed by atoms with van der Waals surface area (Å²) >= 11 is 0. The Morgan fingerprint density at radius 1 is 0.317 bits per heavy atom. The van der Waals surface area contributed by atoms with Crippen molar-refractivity contribution in [2.75, 3.05) is 9.80 Å². The van der Waals surface area contributed by atoms with Crippen LogP contribution in [0.5, 0.6) is 0 Å². The summed E-state index contributed by atoms with van der Waals surface area (Å²) in [6.07, 6.45) is 0. The molecule has 0 radical (unpaired) electrons. The quantitative estimate of drug-likeness (QED) is 0.142. The second kappa shape index (κ2) is 23.3. The first kappa shape index (κ1) is 50.9. The number of anilines is 6. The Morgan fingerprint density at radius 2 is 0.798 bits per heavy atom. The van der Waals surface area contributed by atoms with E-state index in [1.165, 1.54) is 6.07 Å². The fourth-order valence-corrected chi connectivity index (χ4v) is 16.4. The van der Waals surface area contributed by atoms with Crippen molar-refractivity contribution in [1.29, 1.82) is 5.26 Å². The van der Waals surface area contributed by atoms with Gasteiger partial charge in [-0.1, -0.05) is 256 Å². The van der Waals surface area contributed by atoms with E-state index in [1.54, 1.807) is 4.57 Å². The zero-order valence-electron chi connectivity index (χ0n) is 71.2. The van der Waals surface area contributed by atoms with Gasteiger partial charge in [0.25, 0.3) is 6.71 Å². The van der Waals surface area contributed by atoms with Crippen molar-refractivity contribution in [1.82, 2.24) is 13.7 Å². The molecule has 0 N–H and O–H groups in total. The van der Waals surface area contributed by atoms with E-state index in [0.717, 1.165) is 116 Å². The molecule has 6 nitrogen and oxygen atoms in total. The average Bonchev–Trinajstić information content (AvgIpc) is 0.880. The standard InChI is InChI=1S/C97H77BN6/c1-95(2,3)66-43-49-86-78(52-66)79-53-67(96(4,5)6)44-50-87(79)102(86)71-58-91-93-92(59-71)104(94-76(62-29-15-11-16-30-62)54-68(97(7,8)9)55-77(94)63-31-17-12-18-32-63)90-57-70(100-82-37-23-19-33-72(82)73-34-20-24-38-83(73)100)46-48-81(90)98(93)80-47-42-64(61-27-13-10-14-28-61)51-89(80)101(91)69-45-41-65(60-99)88(56-69)103-84-39-25-21-35-74(84)75-36-22-26-40-85(75)103/h10-59H,1-9H3/i10D,13D,14D,19D,20D,23D,24D,27D,28D,33D,37D,38D. The van der Waals surface area contributed by atoms with Crippen LogP contribution in [0.25, 0.3) is 116 Å². The van der Waals surface area contributed by atoms with E-state index in [2.05, 4.69) is 209 Å². The fourth-order valence-electron chi connectivity index (χ4n) is 16.4. The zero-order chi connectivity index (χ0) is 81.1. The molecule has 14 aromatic carbocycles. The summed E-state index contributed by atoms with van der Waals surface area (Å²) in [6.45, 7) is 19.3. The molecule has 0 spiro atoms. The van der Waals surface area contributed by atoms with Gasteiger partial charge in [-0.25, -0.2) is 0 Å². The lowest BCUT2D eigenvalue weighted by Gasteiger charge is -2.45. The highest BCUT2D eigenvalue weighted by Crippen LogP contribution is 2.54. The molecule has 0 amide bonds. The molecular weight excluding hydrogens is 1260 g/mol. The molecule has 0 aliphatic carbocycles. The maximum atomic E-state index is 11.6. The Morgan fingerprint density at radius 3 is 1.40 bits per heavy atom. The number of fused-ring (bicyclic) bond motifs is 13. The number of rotatable bonds is 8. The highest BCUT2D eigenvalue weighted by Gasteiger charge is 2.46. The summed E-state index contributed by atoms with van der Waals surface area (Å²) in [5.74, 6) is 0. The highest BCUT2D eigenvalue weighted by molar-refractivity contribution is 7.00. The number of nitrogens with zero attached hydrogens (tertiary/aromatic N) is 6. The maximum Gasteiger partial charge on any atom is 0.252 e. The van der Waals surface area contributed by atoms with Gasteiger partial charge in [-0.3, -0.25) is 0 Å². The maximum absolute atomic E-state index is 11.6. The second-order valence-electron chi connectivity index (χ2n) is 30.8. The van der Waals surface area contributed by atoms with Gasteiger partial charge in [0.2, 0.25) is 0 Å². The normalized spacial score (nSPS) is 14.6. The third kappa shape index (κ3) is 9.76. The van der Waals surface area contributed by atoms with Gasteiger partial charge >= 0.3 is 0 Å². The minimum Gasteiger partial charge on any atom is -0.311 e. The molecule has 2 aliphatic heterocycles. The molecule has 19 rings (SSSR count). The smallest absolute Gasteiger partial charge is 0.252 e. The van der Waals surface area contributed by atoms with E-state index < -0.39 is 42.3 Å². The summed E-state index contributed by atoms with van der Waals surface area (Å²) in [7, 11) is 0. The van der Waals surface area contributed by atoms with Gasteiger partial charge in [-0.15, -0.1) is 0 Å². The van der Waals surface area contributed by atoms with Crippen LogP contribution in [-0.4, -0.2) is 20.4 Å². The Hall–Kier alpha value is -12.4. The number of benzene rings is 14. The third-order valence-electron chi connectivity index (χ3n) is 21.5. The van der Waals surface area contributed by atoms with E-state index in [1.807, 2.05) is 103 Å². The molecule has 498 valence electrons. The predicted octanol–water partition coefficient (Wildman–Crippen LogP) is 23.8. The van der Waals surface area contributed by atoms with Crippen molar-refractivity contribution in [3.63, 3.8) is 0 Å². The van der Waals surface area contributed by atoms with Crippen molar-refractivity contribution >= 4 is 123 Å². The van der Waals surface area contributed by atoms with Crippen LogP contribution >= 0.6 is 0 Å². The van der Waals surface area contributed by atoms with Crippen LogP contribution in [0.3, 0.4) is 0 Å². The molecule has 2 aliphatic rings. The Bertz CT molecular complexity index is 7000. The summed E-state index contributed by atoms with van der Waals surface area (Å²) in [6, 6.07) is 76.7. The molecule has 0 saturated carbocycles. The average molecular weight is 1350 g/mol. The highest BCUT2D eigenvalue weighted by atomic mass is 15.2. The van der Waals surface area contributed by atoms with Crippen LogP contribution in [0.2, 0.25) is 0 Å². The van der Waals surface area contributed by atoms with E-state index in [0.29, 0.717) is 45.3 Å². The van der Waals surface area contributed by atoms with E-state index in [-0.39, 0.29) is 80.5 Å². The lowest BCUT2D eigenvalue weighted by Crippen LogP contribution is -2.61. The van der Waals surface area contributed by atoms with Gasteiger partial charge < -0.3 is 23.5 Å². The first-order chi connectivity index (χ1) is 55.4. The molecule has 0 atom stereocenters. The SMILES string of the molecule is [2H]c1cc2c3c([2H])c([2H])c([2H])c([2H])c3n(-c3ccc4c(c3)N(c3c(-c5ccccc5)cc(C(C)(C)C)cc3-c3ccccc3)c3cc(-n5c6ccc(C(C)(C)C)cc6c6cc(C(C)(C)C)ccc65)cc5c3B4c3ccc(-c4c([2H])c([2H])c([2H])c([2H])c4[2H])cc3N5c3ccc(C#N)c(-n4c5ccccc5c5ccccc54)c3)c2c([2H])c1[2H]. The number of aromatic nitrogens is 3. The molecule has 104 heavy (non-hydrogen) atoms. The Kier molecular flexibility index (Phi) is 11.4. The molecule has 17 aromatic rings. The van der Waals surface area contributed by atoms with Gasteiger partial charge in [0, 0.05) is 77.6 Å². The predicted molar refractivity (Wildman–Crippen MR) is 441 cm³/mol. The van der Waals surface area contributed by atoms with Gasteiger partial charge in [-0.2, -0.15) is 5.26 Å². The summed E-state index contributed by atoms with van der Waals surface area (Å²) < 4.78 is 119. The van der Waals surface area contributed by atoms with Gasteiger partial charge in [0.1, 0.15) is 6.07 Å². The number of para-hydroxylation sites is 4. The number of nitriles is 1. The number of hydrogen-bond acceptors (Lipinski definition) is 3. The molecule has 7 heteroatoms. The topological polar surface area (TPSA) is 45.1 Å². The summed E-state index contributed by atoms with van der Waals surface area (Å²) in [5.41, 5.74) is 18.9. The lowest BCUT2D eigenvalue weighted by atomic mass is 9.33. The van der Waals surface area contributed by atoms with Gasteiger partial charge in [-0.05, 0) is 181 Å². The van der Waals surface area contributed by atoms with Crippen LogP contribution in [-0.2, 0) is 16.2 Å². The van der Waals surface area contributed by atoms with Crippen molar-refractivity contribution in [2.45, 2.75) is 78.6 Å².